The van der Waals surface area contributed by atoms with Crippen LogP contribution in [0.1, 0.15) is 24.8 Å². The third kappa shape index (κ3) is 4.27. The van der Waals surface area contributed by atoms with Crippen molar-refractivity contribution in [2.24, 2.45) is 5.92 Å². The van der Waals surface area contributed by atoms with Crippen molar-refractivity contribution in [3.05, 3.63) is 36.2 Å². The molecule has 0 bridgehead atoms. The molecule has 1 aromatic carbocycles. The lowest BCUT2D eigenvalue weighted by Crippen LogP contribution is -2.28. The van der Waals surface area contributed by atoms with Gasteiger partial charge in [0, 0.05) is 25.8 Å². The first-order chi connectivity index (χ1) is 14.0. The van der Waals surface area contributed by atoms with Crippen LogP contribution in [0.2, 0.25) is 0 Å². The van der Waals surface area contributed by atoms with Gasteiger partial charge in [0.25, 0.3) is 0 Å². The van der Waals surface area contributed by atoms with Crippen LogP contribution in [0, 0.1) is 12.8 Å². The molecular weight excluding hydrogens is 372 g/mol. The summed E-state index contributed by atoms with van der Waals surface area (Å²) in [7, 11) is 1.58. The number of hydrogen-bond acceptors (Lipinski definition) is 5. The van der Waals surface area contributed by atoms with Gasteiger partial charge in [0.05, 0.1) is 43.2 Å². The molecule has 0 aliphatic carbocycles. The van der Waals surface area contributed by atoms with Gasteiger partial charge < -0.3 is 19.7 Å². The fourth-order valence-electron chi connectivity index (χ4n) is 3.90. The van der Waals surface area contributed by atoms with Crippen LogP contribution in [0.15, 0.2) is 30.6 Å². The molecule has 2 unspecified atom stereocenters. The summed E-state index contributed by atoms with van der Waals surface area (Å²) in [5.74, 6) is -0.0538. The molecule has 0 spiro atoms. The van der Waals surface area contributed by atoms with E-state index in [1.54, 1.807) is 29.1 Å². The SMILES string of the molecule is COc1ccc(C)cc1N1CC(C(=O)Nc2cnn(CC3CCCO3)c2)CC1=O. The van der Waals surface area contributed by atoms with E-state index in [-0.39, 0.29) is 24.3 Å². The van der Waals surface area contributed by atoms with Crippen LogP contribution in [0.25, 0.3) is 0 Å². The van der Waals surface area contributed by atoms with E-state index in [0.29, 0.717) is 30.2 Å². The Morgan fingerprint density at radius 2 is 2.28 bits per heavy atom. The van der Waals surface area contributed by atoms with Crippen molar-refractivity contribution < 1.29 is 19.1 Å². The molecule has 3 heterocycles. The summed E-state index contributed by atoms with van der Waals surface area (Å²) < 4.78 is 12.8. The Kier molecular flexibility index (Phi) is 5.53. The highest BCUT2D eigenvalue weighted by atomic mass is 16.5. The van der Waals surface area contributed by atoms with Crippen molar-refractivity contribution in [1.29, 1.82) is 0 Å². The Bertz CT molecular complexity index is 904. The predicted molar refractivity (Wildman–Crippen MR) is 108 cm³/mol. The Labute approximate surface area is 169 Å². The zero-order valence-corrected chi connectivity index (χ0v) is 16.8. The normalized spacial score (nSPS) is 21.6. The number of aryl methyl sites for hydroxylation is 1. The van der Waals surface area contributed by atoms with Gasteiger partial charge in [0.1, 0.15) is 5.75 Å². The lowest BCUT2D eigenvalue weighted by atomic mass is 10.1. The van der Waals surface area contributed by atoms with E-state index in [4.69, 9.17) is 9.47 Å². The van der Waals surface area contributed by atoms with Gasteiger partial charge in [-0.05, 0) is 37.5 Å². The summed E-state index contributed by atoms with van der Waals surface area (Å²) in [6.07, 6.45) is 5.90. The number of anilines is 2. The number of ether oxygens (including phenoxy) is 2. The summed E-state index contributed by atoms with van der Waals surface area (Å²) in [5.41, 5.74) is 2.37. The molecule has 4 rings (SSSR count). The van der Waals surface area contributed by atoms with Gasteiger partial charge in [-0.2, -0.15) is 5.10 Å². The third-order valence-corrected chi connectivity index (χ3v) is 5.44. The first kappa shape index (κ1) is 19.4. The van der Waals surface area contributed by atoms with Crippen molar-refractivity contribution in [3.63, 3.8) is 0 Å². The number of carbonyl (C=O) groups is 2. The van der Waals surface area contributed by atoms with Gasteiger partial charge in [-0.15, -0.1) is 0 Å². The fourth-order valence-corrected chi connectivity index (χ4v) is 3.90. The van der Waals surface area contributed by atoms with E-state index in [0.717, 1.165) is 25.0 Å². The Morgan fingerprint density at radius 1 is 1.41 bits per heavy atom. The zero-order valence-electron chi connectivity index (χ0n) is 16.8. The quantitative estimate of drug-likeness (QED) is 0.807. The summed E-state index contributed by atoms with van der Waals surface area (Å²) in [6.45, 7) is 3.77. The first-order valence-corrected chi connectivity index (χ1v) is 9.93. The molecule has 2 atom stereocenters. The summed E-state index contributed by atoms with van der Waals surface area (Å²) in [5, 5.41) is 7.19. The molecular formula is C21H26N4O4. The van der Waals surface area contributed by atoms with E-state index < -0.39 is 5.92 Å². The molecule has 2 aromatic rings. The standard InChI is InChI=1S/C21H26N4O4/c1-14-5-6-19(28-2)18(8-14)25-11-15(9-20(25)26)21(27)23-16-10-22-24(12-16)13-17-4-3-7-29-17/h5-6,8,10,12,15,17H,3-4,7,9,11,13H2,1-2H3,(H,23,27). The van der Waals surface area contributed by atoms with Crippen molar-refractivity contribution in [3.8, 4) is 5.75 Å². The molecule has 8 heteroatoms. The second-order valence-corrected chi connectivity index (χ2v) is 7.66. The number of aromatic nitrogens is 2. The van der Waals surface area contributed by atoms with Crippen LogP contribution in [0.3, 0.4) is 0 Å². The number of carbonyl (C=O) groups excluding carboxylic acids is 2. The van der Waals surface area contributed by atoms with Crippen LogP contribution >= 0.6 is 0 Å². The van der Waals surface area contributed by atoms with Gasteiger partial charge in [0.2, 0.25) is 11.8 Å². The minimum Gasteiger partial charge on any atom is -0.495 e. The highest BCUT2D eigenvalue weighted by Crippen LogP contribution is 2.34. The predicted octanol–water partition coefficient (Wildman–Crippen LogP) is 2.37. The van der Waals surface area contributed by atoms with E-state index >= 15 is 0 Å². The number of amides is 2. The van der Waals surface area contributed by atoms with Gasteiger partial charge >= 0.3 is 0 Å². The largest absolute Gasteiger partial charge is 0.495 e. The number of benzene rings is 1. The van der Waals surface area contributed by atoms with E-state index in [9.17, 15) is 9.59 Å². The monoisotopic (exact) mass is 398 g/mol. The summed E-state index contributed by atoms with van der Waals surface area (Å²) >= 11 is 0. The number of rotatable bonds is 6. The minimum atomic E-state index is -0.422. The fraction of sp³-hybridized carbons (Fsp3) is 0.476. The molecule has 2 saturated heterocycles. The molecule has 8 nitrogen and oxygen atoms in total. The van der Waals surface area contributed by atoms with Gasteiger partial charge in [-0.25, -0.2) is 0 Å². The molecule has 2 fully saturated rings. The van der Waals surface area contributed by atoms with Crippen molar-refractivity contribution in [2.75, 3.05) is 30.5 Å². The number of nitrogens with one attached hydrogen (secondary N) is 1. The van der Waals surface area contributed by atoms with E-state index in [1.165, 1.54) is 0 Å². The molecule has 29 heavy (non-hydrogen) atoms. The molecule has 1 N–H and O–H groups in total. The van der Waals surface area contributed by atoms with Crippen LogP contribution in [-0.2, 0) is 20.9 Å². The average Bonchev–Trinajstić information content (AvgIpc) is 3.44. The van der Waals surface area contributed by atoms with Gasteiger partial charge in [0.15, 0.2) is 0 Å². The maximum absolute atomic E-state index is 12.7. The lowest BCUT2D eigenvalue weighted by molar-refractivity contribution is -0.122. The second-order valence-electron chi connectivity index (χ2n) is 7.66. The average molecular weight is 398 g/mol. The molecule has 154 valence electrons. The molecule has 0 saturated carbocycles. The molecule has 2 aliphatic rings. The van der Waals surface area contributed by atoms with Crippen molar-refractivity contribution >= 4 is 23.2 Å². The number of nitrogens with zero attached hydrogens (tertiary/aromatic N) is 3. The van der Waals surface area contributed by atoms with Gasteiger partial charge in [-0.1, -0.05) is 6.07 Å². The Hall–Kier alpha value is -2.87. The molecule has 2 amide bonds. The van der Waals surface area contributed by atoms with Crippen LogP contribution < -0.4 is 15.0 Å². The maximum Gasteiger partial charge on any atom is 0.229 e. The van der Waals surface area contributed by atoms with E-state index in [1.807, 2.05) is 25.1 Å². The van der Waals surface area contributed by atoms with Crippen LogP contribution in [-0.4, -0.2) is 48.0 Å². The molecule has 2 aliphatic heterocycles. The second kappa shape index (κ2) is 8.24. The Morgan fingerprint density at radius 3 is 3.03 bits per heavy atom. The summed E-state index contributed by atoms with van der Waals surface area (Å²) in [4.78, 5) is 26.9. The highest BCUT2D eigenvalue weighted by Gasteiger charge is 2.36. The van der Waals surface area contributed by atoms with Crippen molar-refractivity contribution in [2.45, 2.75) is 38.8 Å². The van der Waals surface area contributed by atoms with Crippen molar-refractivity contribution in [1.82, 2.24) is 9.78 Å². The molecule has 1 aromatic heterocycles. The minimum absolute atomic E-state index is 0.0804. The van der Waals surface area contributed by atoms with Gasteiger partial charge in [-0.3, -0.25) is 14.3 Å². The van der Waals surface area contributed by atoms with Crippen LogP contribution in [0.4, 0.5) is 11.4 Å². The smallest absolute Gasteiger partial charge is 0.229 e. The zero-order chi connectivity index (χ0) is 20.4. The third-order valence-electron chi connectivity index (χ3n) is 5.44. The number of methoxy groups -OCH3 is 1. The maximum atomic E-state index is 12.7. The first-order valence-electron chi connectivity index (χ1n) is 9.93. The highest BCUT2D eigenvalue weighted by molar-refractivity contribution is 6.04. The molecule has 0 radical (unpaired) electrons. The lowest BCUT2D eigenvalue weighted by Gasteiger charge is -2.20. The Balaban J connectivity index is 1.39. The number of hydrogen-bond donors (Lipinski definition) is 1. The van der Waals surface area contributed by atoms with E-state index in [2.05, 4.69) is 10.4 Å². The topological polar surface area (TPSA) is 85.7 Å². The van der Waals surface area contributed by atoms with Crippen LogP contribution in [0.5, 0.6) is 5.75 Å². The summed E-state index contributed by atoms with van der Waals surface area (Å²) in [6, 6.07) is 5.68.